The maximum Gasteiger partial charge on any atom is 0.408 e. The van der Waals surface area contributed by atoms with E-state index >= 15 is 0 Å². The van der Waals surface area contributed by atoms with Crippen LogP contribution in [-0.4, -0.2) is 24.7 Å². The minimum absolute atomic E-state index is 0.144. The zero-order chi connectivity index (χ0) is 21.9. The van der Waals surface area contributed by atoms with Gasteiger partial charge in [0.05, 0.1) is 7.11 Å². The number of hydrogen-bond donors (Lipinski definition) is 1. The summed E-state index contributed by atoms with van der Waals surface area (Å²) < 4.78 is 10.6. The van der Waals surface area contributed by atoms with E-state index in [1.54, 1.807) is 0 Å². The lowest BCUT2D eigenvalue weighted by Crippen LogP contribution is -2.56. The van der Waals surface area contributed by atoms with E-state index in [4.69, 9.17) is 9.47 Å². The van der Waals surface area contributed by atoms with Gasteiger partial charge in [-0.3, -0.25) is 0 Å². The van der Waals surface area contributed by atoms with Crippen LogP contribution in [-0.2, 0) is 27.3 Å². The molecule has 0 saturated carbocycles. The Bertz CT molecular complexity index is 879. The number of allylic oxidation sites excluding steroid dienone is 1. The van der Waals surface area contributed by atoms with Crippen LogP contribution >= 0.6 is 0 Å². The van der Waals surface area contributed by atoms with Crippen molar-refractivity contribution in [2.24, 2.45) is 0 Å². The first-order chi connectivity index (χ1) is 15.1. The maximum atomic E-state index is 13.0. The molecule has 31 heavy (non-hydrogen) atoms. The van der Waals surface area contributed by atoms with E-state index in [0.29, 0.717) is 19.3 Å². The molecule has 1 N–H and O–H groups in total. The van der Waals surface area contributed by atoms with Gasteiger partial charge in [-0.05, 0) is 49.7 Å². The first-order valence-corrected chi connectivity index (χ1v) is 10.9. The summed E-state index contributed by atoms with van der Waals surface area (Å²) in [5.41, 5.74) is 2.02. The third-order valence-corrected chi connectivity index (χ3v) is 5.73. The minimum Gasteiger partial charge on any atom is -0.467 e. The highest BCUT2D eigenvalue weighted by molar-refractivity contribution is 5.86. The Balaban J connectivity index is 1.78. The molecule has 0 bridgehead atoms. The van der Waals surface area contributed by atoms with Gasteiger partial charge in [-0.2, -0.15) is 0 Å². The Morgan fingerprint density at radius 1 is 0.968 bits per heavy atom. The number of rotatable bonds is 9. The number of ether oxygens (including phenoxy) is 2. The second-order valence-electron chi connectivity index (χ2n) is 8.03. The van der Waals surface area contributed by atoms with Crippen molar-refractivity contribution in [3.8, 4) is 0 Å². The number of esters is 1. The molecular weight excluding hydrogens is 390 g/mol. The summed E-state index contributed by atoms with van der Waals surface area (Å²) in [4.78, 5) is 25.8. The summed E-state index contributed by atoms with van der Waals surface area (Å²) in [6.45, 7) is 0.144. The Morgan fingerprint density at radius 2 is 1.65 bits per heavy atom. The number of methoxy groups -OCH3 is 1. The van der Waals surface area contributed by atoms with Crippen LogP contribution in [0.5, 0.6) is 0 Å². The van der Waals surface area contributed by atoms with Gasteiger partial charge in [0.15, 0.2) is 0 Å². The van der Waals surface area contributed by atoms with Crippen molar-refractivity contribution in [2.75, 3.05) is 7.11 Å². The fourth-order valence-corrected chi connectivity index (χ4v) is 4.03. The molecule has 0 spiro atoms. The molecule has 0 aromatic heterocycles. The van der Waals surface area contributed by atoms with Crippen LogP contribution in [0, 0.1) is 0 Å². The summed E-state index contributed by atoms with van der Waals surface area (Å²) in [7, 11) is 1.37. The monoisotopic (exact) mass is 421 g/mol. The van der Waals surface area contributed by atoms with E-state index < -0.39 is 17.6 Å². The molecule has 164 valence electrons. The number of nitrogens with one attached hydrogen (secondary N) is 1. The number of benzene rings is 2. The van der Waals surface area contributed by atoms with Crippen molar-refractivity contribution in [2.45, 2.75) is 57.1 Å². The second kappa shape index (κ2) is 11.3. The molecule has 1 aliphatic rings. The van der Waals surface area contributed by atoms with Crippen molar-refractivity contribution < 1.29 is 19.1 Å². The van der Waals surface area contributed by atoms with Crippen LogP contribution in [0.1, 0.15) is 49.7 Å². The number of hydrogen-bond acceptors (Lipinski definition) is 4. The van der Waals surface area contributed by atoms with E-state index in [-0.39, 0.29) is 6.61 Å². The molecule has 0 fully saturated rings. The van der Waals surface area contributed by atoms with Gasteiger partial charge in [0.1, 0.15) is 12.1 Å². The molecule has 1 atom stereocenters. The lowest BCUT2D eigenvalue weighted by molar-refractivity contribution is -0.148. The molecule has 1 unspecified atom stereocenters. The highest BCUT2D eigenvalue weighted by Gasteiger charge is 2.42. The standard InChI is InChI=1S/C26H31NO4/c1-30-24(28)26(19-22-13-7-3-8-14-22,18-17-21-11-5-2-6-12-21)27-25(29)31-20-23-15-9-4-10-16-23/h2,4-6,9-13,15-16H,3,7-8,14,17-20H2,1H3,(H,27,29). The van der Waals surface area contributed by atoms with E-state index in [1.165, 1.54) is 12.7 Å². The van der Waals surface area contributed by atoms with Gasteiger partial charge in [-0.25, -0.2) is 9.59 Å². The summed E-state index contributed by atoms with van der Waals surface area (Å²) >= 11 is 0. The van der Waals surface area contributed by atoms with Crippen LogP contribution < -0.4 is 5.32 Å². The van der Waals surface area contributed by atoms with Crippen molar-refractivity contribution in [3.63, 3.8) is 0 Å². The maximum absolute atomic E-state index is 13.0. The number of carbonyl (C=O) groups is 2. The normalized spacial score (nSPS) is 15.3. The van der Waals surface area contributed by atoms with Gasteiger partial charge in [0, 0.05) is 6.42 Å². The fraction of sp³-hybridized carbons (Fsp3) is 0.385. The Hall–Kier alpha value is -3.08. The lowest BCUT2D eigenvalue weighted by Gasteiger charge is -2.33. The van der Waals surface area contributed by atoms with E-state index in [2.05, 4.69) is 11.4 Å². The molecule has 0 aliphatic heterocycles. The number of amides is 1. The smallest absolute Gasteiger partial charge is 0.408 e. The third-order valence-electron chi connectivity index (χ3n) is 5.73. The molecule has 0 saturated heterocycles. The Morgan fingerprint density at radius 3 is 2.26 bits per heavy atom. The van der Waals surface area contributed by atoms with Crippen LogP contribution in [0.25, 0.3) is 0 Å². The van der Waals surface area contributed by atoms with Crippen molar-refractivity contribution in [1.29, 1.82) is 0 Å². The molecule has 1 aliphatic carbocycles. The number of aryl methyl sites for hydroxylation is 1. The van der Waals surface area contributed by atoms with Crippen LogP contribution in [0.2, 0.25) is 0 Å². The van der Waals surface area contributed by atoms with E-state index in [1.807, 2.05) is 60.7 Å². The predicted molar refractivity (Wildman–Crippen MR) is 120 cm³/mol. The van der Waals surface area contributed by atoms with Crippen molar-refractivity contribution in [3.05, 3.63) is 83.4 Å². The summed E-state index contributed by atoms with van der Waals surface area (Å²) in [6, 6.07) is 19.4. The average Bonchev–Trinajstić information content (AvgIpc) is 2.82. The molecular formula is C26H31NO4. The van der Waals surface area contributed by atoms with Gasteiger partial charge in [-0.1, -0.05) is 72.3 Å². The molecule has 2 aromatic carbocycles. The highest BCUT2D eigenvalue weighted by atomic mass is 16.6. The largest absolute Gasteiger partial charge is 0.467 e. The van der Waals surface area contributed by atoms with Crippen molar-refractivity contribution >= 4 is 12.1 Å². The first-order valence-electron chi connectivity index (χ1n) is 10.9. The van der Waals surface area contributed by atoms with Gasteiger partial charge < -0.3 is 14.8 Å². The molecule has 1 amide bonds. The quantitative estimate of drug-likeness (QED) is 0.438. The summed E-state index contributed by atoms with van der Waals surface area (Å²) in [5.74, 6) is -0.438. The number of alkyl carbamates (subject to hydrolysis) is 1. The summed E-state index contributed by atoms with van der Waals surface area (Å²) in [6.07, 6.45) is 7.29. The van der Waals surface area contributed by atoms with E-state index in [9.17, 15) is 9.59 Å². The van der Waals surface area contributed by atoms with Crippen LogP contribution in [0.15, 0.2) is 72.3 Å². The predicted octanol–water partition coefficient (Wildman–Crippen LogP) is 5.35. The van der Waals surface area contributed by atoms with Gasteiger partial charge >= 0.3 is 12.1 Å². The van der Waals surface area contributed by atoms with Gasteiger partial charge in [-0.15, -0.1) is 0 Å². The van der Waals surface area contributed by atoms with Gasteiger partial charge in [0.25, 0.3) is 0 Å². The van der Waals surface area contributed by atoms with Crippen LogP contribution in [0.3, 0.4) is 0 Å². The third kappa shape index (κ3) is 6.71. The first kappa shape index (κ1) is 22.6. The second-order valence-corrected chi connectivity index (χ2v) is 8.03. The molecule has 2 aromatic rings. The minimum atomic E-state index is -1.17. The SMILES string of the molecule is COC(=O)C(CCc1ccccc1)(CC1=CCCCC1)NC(=O)OCc1ccccc1. The molecule has 5 nitrogen and oxygen atoms in total. The number of carbonyl (C=O) groups excluding carboxylic acids is 2. The molecule has 3 rings (SSSR count). The average molecular weight is 422 g/mol. The molecule has 0 radical (unpaired) electrons. The Kier molecular flexibility index (Phi) is 8.27. The van der Waals surface area contributed by atoms with E-state index in [0.717, 1.165) is 36.8 Å². The topological polar surface area (TPSA) is 64.6 Å². The summed E-state index contributed by atoms with van der Waals surface area (Å²) in [5, 5.41) is 2.89. The highest BCUT2D eigenvalue weighted by Crippen LogP contribution is 2.30. The van der Waals surface area contributed by atoms with Crippen LogP contribution in [0.4, 0.5) is 4.79 Å². The zero-order valence-corrected chi connectivity index (χ0v) is 18.1. The fourth-order valence-electron chi connectivity index (χ4n) is 4.03. The lowest BCUT2D eigenvalue weighted by atomic mass is 9.82. The molecule has 5 heteroatoms. The zero-order valence-electron chi connectivity index (χ0n) is 18.1. The van der Waals surface area contributed by atoms with Crippen molar-refractivity contribution in [1.82, 2.24) is 5.32 Å². The molecule has 0 heterocycles. The Labute approximate surface area is 184 Å². The van der Waals surface area contributed by atoms with Gasteiger partial charge in [0.2, 0.25) is 0 Å².